The number of benzene rings is 2. The summed E-state index contributed by atoms with van der Waals surface area (Å²) in [6.45, 7) is 0.234. The number of nitrogens with zero attached hydrogens (tertiary/aromatic N) is 1. The van der Waals surface area contributed by atoms with E-state index >= 15 is 0 Å². The summed E-state index contributed by atoms with van der Waals surface area (Å²) in [5, 5.41) is 6.41. The second-order valence-electron chi connectivity index (χ2n) is 6.03. The van der Waals surface area contributed by atoms with Gasteiger partial charge in [0, 0.05) is 39.1 Å². The van der Waals surface area contributed by atoms with Crippen LogP contribution in [-0.2, 0) is 6.54 Å². The number of thiazole rings is 1. The second kappa shape index (κ2) is 7.75. The van der Waals surface area contributed by atoms with Crippen molar-refractivity contribution < 1.29 is 9.59 Å². The van der Waals surface area contributed by atoms with Crippen LogP contribution < -0.4 is 5.32 Å². The molecule has 0 radical (unpaired) electrons. The van der Waals surface area contributed by atoms with Crippen LogP contribution in [-0.4, -0.2) is 21.7 Å². The molecule has 4 aromatic rings. The van der Waals surface area contributed by atoms with Crippen molar-refractivity contribution in [3.63, 3.8) is 0 Å². The average molecular weight is 430 g/mol. The summed E-state index contributed by atoms with van der Waals surface area (Å²) in [5.41, 5.74) is 2.34. The van der Waals surface area contributed by atoms with Crippen LogP contribution in [0.25, 0.3) is 10.9 Å². The Hall–Kier alpha value is -2.67. The van der Waals surface area contributed by atoms with Crippen molar-refractivity contribution in [2.24, 2.45) is 0 Å². The van der Waals surface area contributed by atoms with Gasteiger partial charge >= 0.3 is 0 Å². The molecule has 0 aliphatic carbocycles. The van der Waals surface area contributed by atoms with Crippen molar-refractivity contribution in [3.8, 4) is 0 Å². The molecular weight excluding hydrogens is 417 g/mol. The smallest absolute Gasteiger partial charge is 0.271 e. The monoisotopic (exact) mass is 429 g/mol. The molecule has 0 fully saturated rings. The quantitative estimate of drug-likeness (QED) is 0.433. The SMILES string of the molecule is O=C(NCc1ccc(Cl)cc1Cl)c1csc(C(=O)c2c[nH]c3ccccc23)n1. The van der Waals surface area contributed by atoms with E-state index in [2.05, 4.69) is 15.3 Å². The van der Waals surface area contributed by atoms with E-state index in [0.717, 1.165) is 27.8 Å². The standard InChI is InChI=1S/C20H13Cl2N3O2S/c21-12-6-5-11(15(22)7-12)8-24-19(27)17-10-28-20(25-17)18(26)14-9-23-16-4-2-1-3-13(14)16/h1-7,9-10,23H,8H2,(H,24,27). The number of hydrogen-bond acceptors (Lipinski definition) is 4. The topological polar surface area (TPSA) is 74.8 Å². The highest BCUT2D eigenvalue weighted by Gasteiger charge is 2.19. The summed E-state index contributed by atoms with van der Waals surface area (Å²) < 4.78 is 0. The van der Waals surface area contributed by atoms with Gasteiger partial charge in [0.25, 0.3) is 5.91 Å². The first-order chi connectivity index (χ1) is 13.5. The van der Waals surface area contributed by atoms with Gasteiger partial charge in [0.05, 0.1) is 5.56 Å². The molecule has 4 rings (SSSR count). The summed E-state index contributed by atoms with van der Waals surface area (Å²) in [6.07, 6.45) is 1.66. The van der Waals surface area contributed by atoms with Crippen LogP contribution in [0.3, 0.4) is 0 Å². The summed E-state index contributed by atoms with van der Waals surface area (Å²) in [7, 11) is 0. The fourth-order valence-electron chi connectivity index (χ4n) is 2.79. The van der Waals surface area contributed by atoms with Gasteiger partial charge in [0.15, 0.2) is 5.01 Å². The average Bonchev–Trinajstić information content (AvgIpc) is 3.34. The number of fused-ring (bicyclic) bond motifs is 1. The van der Waals surface area contributed by atoms with Crippen LogP contribution in [0.15, 0.2) is 54.0 Å². The van der Waals surface area contributed by atoms with Gasteiger partial charge in [-0.25, -0.2) is 4.98 Å². The van der Waals surface area contributed by atoms with Crippen LogP contribution in [0.1, 0.15) is 31.4 Å². The first-order valence-electron chi connectivity index (χ1n) is 8.31. The van der Waals surface area contributed by atoms with Gasteiger partial charge in [-0.15, -0.1) is 11.3 Å². The van der Waals surface area contributed by atoms with Crippen molar-refractivity contribution in [2.75, 3.05) is 0 Å². The maximum Gasteiger partial charge on any atom is 0.271 e. The molecule has 8 heteroatoms. The van der Waals surface area contributed by atoms with Crippen LogP contribution in [0.5, 0.6) is 0 Å². The number of amides is 1. The van der Waals surface area contributed by atoms with Crippen LogP contribution in [0.2, 0.25) is 10.0 Å². The lowest BCUT2D eigenvalue weighted by molar-refractivity contribution is 0.0946. The molecule has 140 valence electrons. The number of rotatable bonds is 5. The Morgan fingerprint density at radius 2 is 1.96 bits per heavy atom. The van der Waals surface area contributed by atoms with Gasteiger partial charge in [-0.05, 0) is 23.8 Å². The van der Waals surface area contributed by atoms with Gasteiger partial charge in [-0.3, -0.25) is 9.59 Å². The van der Waals surface area contributed by atoms with E-state index in [9.17, 15) is 9.59 Å². The molecule has 2 aromatic carbocycles. The Labute approximate surface area is 174 Å². The molecule has 0 spiro atoms. The van der Waals surface area contributed by atoms with E-state index < -0.39 is 0 Å². The molecule has 0 aliphatic rings. The van der Waals surface area contributed by atoms with Crippen molar-refractivity contribution in [1.29, 1.82) is 0 Å². The lowest BCUT2D eigenvalue weighted by atomic mass is 10.1. The molecule has 0 aliphatic heterocycles. The number of hydrogen-bond donors (Lipinski definition) is 2. The fourth-order valence-corrected chi connectivity index (χ4v) is 4.01. The van der Waals surface area contributed by atoms with Crippen molar-refractivity contribution in [3.05, 3.63) is 85.9 Å². The van der Waals surface area contributed by atoms with E-state index in [1.54, 1.807) is 29.8 Å². The highest BCUT2D eigenvalue weighted by atomic mass is 35.5. The van der Waals surface area contributed by atoms with E-state index in [0.29, 0.717) is 15.6 Å². The summed E-state index contributed by atoms with van der Waals surface area (Å²) in [5.74, 6) is -0.595. The van der Waals surface area contributed by atoms with E-state index in [-0.39, 0.29) is 28.9 Å². The summed E-state index contributed by atoms with van der Waals surface area (Å²) in [4.78, 5) is 32.4. The number of aromatic nitrogens is 2. The van der Waals surface area contributed by atoms with Crippen LogP contribution in [0.4, 0.5) is 0 Å². The van der Waals surface area contributed by atoms with Gasteiger partial charge in [-0.1, -0.05) is 47.5 Å². The zero-order valence-electron chi connectivity index (χ0n) is 14.3. The Kier molecular flexibility index (Phi) is 5.17. The highest BCUT2D eigenvalue weighted by molar-refractivity contribution is 7.12. The largest absolute Gasteiger partial charge is 0.360 e. The number of ketones is 1. The first-order valence-corrected chi connectivity index (χ1v) is 9.95. The van der Waals surface area contributed by atoms with Crippen molar-refractivity contribution in [1.82, 2.24) is 15.3 Å². The maximum atomic E-state index is 12.8. The molecule has 2 aromatic heterocycles. The number of carbonyl (C=O) groups excluding carboxylic acids is 2. The lowest BCUT2D eigenvalue weighted by Crippen LogP contribution is -2.23. The number of aromatic amines is 1. The molecule has 0 saturated carbocycles. The zero-order chi connectivity index (χ0) is 19.7. The molecule has 2 N–H and O–H groups in total. The minimum Gasteiger partial charge on any atom is -0.360 e. The molecule has 0 atom stereocenters. The predicted molar refractivity (Wildman–Crippen MR) is 111 cm³/mol. The Balaban J connectivity index is 1.49. The minimum absolute atomic E-state index is 0.193. The Morgan fingerprint density at radius 1 is 1.14 bits per heavy atom. The third-order valence-corrected chi connectivity index (χ3v) is 5.65. The van der Waals surface area contributed by atoms with Gasteiger partial charge < -0.3 is 10.3 Å². The molecule has 1 amide bonds. The molecular formula is C20H13Cl2N3O2S. The number of para-hydroxylation sites is 1. The number of nitrogens with one attached hydrogen (secondary N) is 2. The van der Waals surface area contributed by atoms with Gasteiger partial charge in [-0.2, -0.15) is 0 Å². The van der Waals surface area contributed by atoms with E-state index in [1.165, 1.54) is 0 Å². The summed E-state index contributed by atoms with van der Waals surface area (Å²) in [6, 6.07) is 12.6. The minimum atomic E-state index is -0.375. The van der Waals surface area contributed by atoms with E-state index in [4.69, 9.17) is 23.2 Å². The number of H-pyrrole nitrogens is 1. The number of carbonyl (C=O) groups is 2. The lowest BCUT2D eigenvalue weighted by Gasteiger charge is -2.06. The van der Waals surface area contributed by atoms with Crippen molar-refractivity contribution in [2.45, 2.75) is 6.54 Å². The fraction of sp³-hybridized carbons (Fsp3) is 0.0500. The Bertz CT molecular complexity index is 1200. The third-order valence-electron chi connectivity index (χ3n) is 4.22. The molecule has 0 saturated heterocycles. The molecule has 28 heavy (non-hydrogen) atoms. The molecule has 0 unspecified atom stereocenters. The maximum absolute atomic E-state index is 12.8. The highest BCUT2D eigenvalue weighted by Crippen LogP contribution is 2.23. The second-order valence-corrected chi connectivity index (χ2v) is 7.74. The van der Waals surface area contributed by atoms with E-state index in [1.807, 2.05) is 24.3 Å². The molecule has 5 nitrogen and oxygen atoms in total. The normalized spacial score (nSPS) is 10.9. The van der Waals surface area contributed by atoms with Crippen LogP contribution in [0, 0.1) is 0 Å². The Morgan fingerprint density at radius 3 is 2.79 bits per heavy atom. The van der Waals surface area contributed by atoms with Crippen LogP contribution >= 0.6 is 34.5 Å². The third kappa shape index (κ3) is 3.67. The van der Waals surface area contributed by atoms with Crippen molar-refractivity contribution >= 4 is 57.1 Å². The molecule has 0 bridgehead atoms. The zero-order valence-corrected chi connectivity index (χ0v) is 16.7. The summed E-state index contributed by atoms with van der Waals surface area (Å²) >= 11 is 13.1. The van der Waals surface area contributed by atoms with Gasteiger partial charge in [0.2, 0.25) is 5.78 Å². The first kappa shape index (κ1) is 18.7. The number of halogens is 2. The molecule has 2 heterocycles. The predicted octanol–water partition coefficient (Wildman–Crippen LogP) is 5.09. The van der Waals surface area contributed by atoms with Gasteiger partial charge in [0.1, 0.15) is 5.69 Å².